The number of para-hydroxylation sites is 2. The quantitative estimate of drug-likeness (QED) is 0.480. The van der Waals surface area contributed by atoms with Gasteiger partial charge in [-0.3, -0.25) is 9.36 Å². The number of aromatic nitrogens is 3. The molecule has 8 heteroatoms. The SMILES string of the molecule is CN1CCC(NC(=O)CCc2oc(-n3cnc4ccccc43)nc2-c2ccc(Cl)cc2)C1. The van der Waals surface area contributed by atoms with E-state index in [0.29, 0.717) is 35.3 Å². The van der Waals surface area contributed by atoms with Crippen LogP contribution in [0.4, 0.5) is 0 Å². The van der Waals surface area contributed by atoms with E-state index >= 15 is 0 Å². The molecule has 5 rings (SSSR count). The van der Waals surface area contributed by atoms with E-state index in [4.69, 9.17) is 21.0 Å². The number of likely N-dealkylation sites (tertiary alicyclic amines) is 1. The topological polar surface area (TPSA) is 76.2 Å². The predicted molar refractivity (Wildman–Crippen MR) is 124 cm³/mol. The number of imidazole rings is 1. The number of fused-ring (bicyclic) bond motifs is 1. The molecule has 1 fully saturated rings. The third-order valence-electron chi connectivity index (χ3n) is 5.80. The molecule has 3 heterocycles. The van der Waals surface area contributed by atoms with Crippen molar-refractivity contribution in [2.24, 2.45) is 0 Å². The second-order valence-corrected chi connectivity index (χ2v) is 8.63. The van der Waals surface area contributed by atoms with Crippen LogP contribution in [0, 0.1) is 0 Å². The molecule has 0 spiro atoms. The van der Waals surface area contributed by atoms with Crippen molar-refractivity contribution in [3.05, 3.63) is 65.6 Å². The van der Waals surface area contributed by atoms with Gasteiger partial charge in [0.2, 0.25) is 5.91 Å². The fourth-order valence-electron chi connectivity index (χ4n) is 4.14. The van der Waals surface area contributed by atoms with Crippen molar-refractivity contribution in [2.75, 3.05) is 20.1 Å². The van der Waals surface area contributed by atoms with Gasteiger partial charge in [0.25, 0.3) is 0 Å². The Balaban J connectivity index is 1.42. The van der Waals surface area contributed by atoms with Crippen molar-refractivity contribution in [3.8, 4) is 17.3 Å². The number of hydrogen-bond acceptors (Lipinski definition) is 5. The summed E-state index contributed by atoms with van der Waals surface area (Å²) < 4.78 is 8.01. The molecule has 0 radical (unpaired) electrons. The Hall–Kier alpha value is -3.16. The van der Waals surface area contributed by atoms with Gasteiger partial charge in [-0.1, -0.05) is 35.9 Å². The number of halogens is 1. The summed E-state index contributed by atoms with van der Waals surface area (Å²) in [4.78, 5) is 24.0. The molecule has 1 aliphatic heterocycles. The van der Waals surface area contributed by atoms with Gasteiger partial charge in [0.1, 0.15) is 17.8 Å². The second kappa shape index (κ2) is 8.76. The Morgan fingerprint density at radius 2 is 2.03 bits per heavy atom. The highest BCUT2D eigenvalue weighted by Gasteiger charge is 2.22. The minimum absolute atomic E-state index is 0.0263. The van der Waals surface area contributed by atoms with Crippen LogP contribution >= 0.6 is 11.6 Å². The number of nitrogens with one attached hydrogen (secondary N) is 1. The van der Waals surface area contributed by atoms with Crippen LogP contribution in [0.25, 0.3) is 28.3 Å². The molecule has 0 aliphatic carbocycles. The molecule has 2 aromatic heterocycles. The molecule has 1 unspecified atom stereocenters. The maximum Gasteiger partial charge on any atom is 0.308 e. The van der Waals surface area contributed by atoms with Crippen LogP contribution in [0.5, 0.6) is 0 Å². The van der Waals surface area contributed by atoms with E-state index in [1.54, 1.807) is 6.33 Å². The van der Waals surface area contributed by atoms with Gasteiger partial charge < -0.3 is 14.6 Å². The molecular formula is C24H24ClN5O2. The molecule has 1 atom stereocenters. The monoisotopic (exact) mass is 449 g/mol. The lowest BCUT2D eigenvalue weighted by molar-refractivity contribution is -0.121. The van der Waals surface area contributed by atoms with Gasteiger partial charge in [-0.25, -0.2) is 4.98 Å². The molecule has 0 saturated carbocycles. The molecule has 164 valence electrons. The molecule has 4 aromatic rings. The van der Waals surface area contributed by atoms with Crippen molar-refractivity contribution < 1.29 is 9.21 Å². The number of carbonyl (C=O) groups excluding carboxylic acids is 1. The molecule has 1 aliphatic rings. The lowest BCUT2D eigenvalue weighted by Crippen LogP contribution is -2.36. The molecule has 1 saturated heterocycles. The van der Waals surface area contributed by atoms with Crippen molar-refractivity contribution >= 4 is 28.5 Å². The Bertz CT molecular complexity index is 1250. The minimum atomic E-state index is 0.0263. The zero-order valence-corrected chi connectivity index (χ0v) is 18.5. The fraction of sp³-hybridized carbons (Fsp3) is 0.292. The Morgan fingerprint density at radius 3 is 2.81 bits per heavy atom. The van der Waals surface area contributed by atoms with Crippen LogP contribution in [0.1, 0.15) is 18.6 Å². The third kappa shape index (κ3) is 4.26. The van der Waals surface area contributed by atoms with Crippen LogP contribution in [0.3, 0.4) is 0 Å². The van der Waals surface area contributed by atoms with Crippen LogP contribution in [-0.2, 0) is 11.2 Å². The summed E-state index contributed by atoms with van der Waals surface area (Å²) in [5, 5.41) is 3.78. The number of oxazole rings is 1. The summed E-state index contributed by atoms with van der Waals surface area (Å²) in [6, 6.07) is 15.9. The van der Waals surface area contributed by atoms with Gasteiger partial charge in [0, 0.05) is 36.0 Å². The van der Waals surface area contributed by atoms with Crippen molar-refractivity contribution in [1.82, 2.24) is 24.8 Å². The lowest BCUT2D eigenvalue weighted by atomic mass is 10.1. The number of aryl methyl sites for hydroxylation is 1. The molecule has 32 heavy (non-hydrogen) atoms. The van der Waals surface area contributed by atoms with Gasteiger partial charge in [0.05, 0.1) is 11.0 Å². The van der Waals surface area contributed by atoms with E-state index < -0.39 is 0 Å². The standard InChI is InChI=1S/C24H24ClN5O2/c1-29-13-12-18(14-29)27-22(31)11-10-21-23(16-6-8-17(25)9-7-16)28-24(32-21)30-15-26-19-4-2-3-5-20(19)30/h2-9,15,18H,10-14H2,1H3,(H,27,31). The Labute approximate surface area is 191 Å². The van der Waals surface area contributed by atoms with E-state index in [2.05, 4.69) is 22.2 Å². The van der Waals surface area contributed by atoms with Gasteiger partial charge in [-0.15, -0.1) is 0 Å². The average molecular weight is 450 g/mol. The highest BCUT2D eigenvalue weighted by atomic mass is 35.5. The average Bonchev–Trinajstić information content (AvgIpc) is 3.51. The van der Waals surface area contributed by atoms with Crippen LogP contribution in [0.15, 0.2) is 59.3 Å². The number of benzene rings is 2. The summed E-state index contributed by atoms with van der Waals surface area (Å²) in [7, 11) is 2.07. The highest BCUT2D eigenvalue weighted by Crippen LogP contribution is 2.29. The van der Waals surface area contributed by atoms with Crippen LogP contribution in [0.2, 0.25) is 5.02 Å². The predicted octanol–water partition coefficient (Wildman–Crippen LogP) is 4.09. The first-order valence-electron chi connectivity index (χ1n) is 10.7. The maximum atomic E-state index is 12.6. The number of amides is 1. The summed E-state index contributed by atoms with van der Waals surface area (Å²) in [6.45, 7) is 1.90. The smallest absolute Gasteiger partial charge is 0.308 e. The highest BCUT2D eigenvalue weighted by molar-refractivity contribution is 6.30. The van der Waals surface area contributed by atoms with E-state index in [-0.39, 0.29) is 11.9 Å². The zero-order chi connectivity index (χ0) is 22.1. The first-order chi connectivity index (χ1) is 15.6. The van der Waals surface area contributed by atoms with Crippen LogP contribution in [-0.4, -0.2) is 51.5 Å². The molecule has 7 nitrogen and oxygen atoms in total. The molecular weight excluding hydrogens is 426 g/mol. The number of nitrogens with zero attached hydrogens (tertiary/aromatic N) is 4. The largest absolute Gasteiger partial charge is 0.427 e. The third-order valence-corrected chi connectivity index (χ3v) is 6.05. The minimum Gasteiger partial charge on any atom is -0.427 e. The Morgan fingerprint density at radius 1 is 1.22 bits per heavy atom. The van der Waals surface area contributed by atoms with Gasteiger partial charge in [-0.05, 0) is 44.3 Å². The van der Waals surface area contributed by atoms with E-state index in [0.717, 1.165) is 36.1 Å². The molecule has 1 amide bonds. The van der Waals surface area contributed by atoms with Gasteiger partial charge in [-0.2, -0.15) is 4.98 Å². The van der Waals surface area contributed by atoms with Crippen LogP contribution < -0.4 is 5.32 Å². The molecule has 2 aromatic carbocycles. The molecule has 1 N–H and O–H groups in total. The summed E-state index contributed by atoms with van der Waals surface area (Å²) in [6.07, 6.45) is 3.47. The Kier molecular flexibility index (Phi) is 5.68. The van der Waals surface area contributed by atoms with Crippen molar-refractivity contribution in [1.29, 1.82) is 0 Å². The van der Waals surface area contributed by atoms with E-state index in [9.17, 15) is 4.79 Å². The fourth-order valence-corrected chi connectivity index (χ4v) is 4.26. The van der Waals surface area contributed by atoms with Gasteiger partial charge >= 0.3 is 6.01 Å². The van der Waals surface area contributed by atoms with Gasteiger partial charge in [0.15, 0.2) is 0 Å². The zero-order valence-electron chi connectivity index (χ0n) is 17.8. The summed E-state index contributed by atoms with van der Waals surface area (Å²) >= 11 is 6.07. The number of carbonyl (C=O) groups is 1. The maximum absolute atomic E-state index is 12.6. The summed E-state index contributed by atoms with van der Waals surface area (Å²) in [5.74, 6) is 0.692. The van der Waals surface area contributed by atoms with Crippen molar-refractivity contribution in [3.63, 3.8) is 0 Å². The second-order valence-electron chi connectivity index (χ2n) is 8.19. The first-order valence-corrected chi connectivity index (χ1v) is 11.1. The first kappa shape index (κ1) is 20.7. The van der Waals surface area contributed by atoms with E-state index in [1.165, 1.54) is 0 Å². The summed E-state index contributed by atoms with van der Waals surface area (Å²) in [5.41, 5.74) is 3.37. The van der Waals surface area contributed by atoms with E-state index in [1.807, 2.05) is 53.1 Å². The number of rotatable bonds is 6. The number of hydrogen-bond donors (Lipinski definition) is 1. The van der Waals surface area contributed by atoms with Crippen molar-refractivity contribution in [2.45, 2.75) is 25.3 Å². The number of likely N-dealkylation sites (N-methyl/N-ethyl adjacent to an activating group) is 1. The normalized spacial score (nSPS) is 16.6. The molecule has 0 bridgehead atoms. The lowest BCUT2D eigenvalue weighted by Gasteiger charge is -2.12.